The number of amides is 1. The van der Waals surface area contributed by atoms with Gasteiger partial charge < -0.3 is 19.4 Å². The molecule has 5 heteroatoms. The molecule has 27 heavy (non-hydrogen) atoms. The van der Waals surface area contributed by atoms with Crippen LogP contribution < -0.4 is 14.8 Å². The van der Waals surface area contributed by atoms with Crippen molar-refractivity contribution in [2.45, 2.75) is 19.9 Å². The molecule has 0 spiro atoms. The first-order valence-electron chi connectivity index (χ1n) is 8.81. The Labute approximate surface area is 159 Å². The highest BCUT2D eigenvalue weighted by atomic mass is 16.5. The molecule has 3 rings (SSSR count). The number of carbonyl (C=O) groups excluding carboxylic acids is 1. The van der Waals surface area contributed by atoms with E-state index in [0.29, 0.717) is 18.7 Å². The van der Waals surface area contributed by atoms with E-state index in [1.165, 1.54) is 5.56 Å². The zero-order valence-corrected chi connectivity index (χ0v) is 15.9. The number of nitrogens with one attached hydrogen (secondary N) is 1. The third-order valence-corrected chi connectivity index (χ3v) is 4.46. The van der Waals surface area contributed by atoms with Gasteiger partial charge in [0.2, 0.25) is 5.91 Å². The summed E-state index contributed by atoms with van der Waals surface area (Å²) in [6, 6.07) is 17.7. The Balaban J connectivity index is 1.66. The first kappa shape index (κ1) is 18.6. The number of hydrogen-bond acceptors (Lipinski definition) is 3. The Morgan fingerprint density at radius 3 is 2.52 bits per heavy atom. The van der Waals surface area contributed by atoms with Gasteiger partial charge in [0.25, 0.3) is 0 Å². The smallest absolute Gasteiger partial charge is 0.226 e. The second-order valence-corrected chi connectivity index (χ2v) is 6.34. The summed E-state index contributed by atoms with van der Waals surface area (Å²) in [5.41, 5.74) is 4.10. The molecule has 0 saturated carbocycles. The molecule has 3 aromatic rings. The highest BCUT2D eigenvalue weighted by Gasteiger charge is 2.11. The summed E-state index contributed by atoms with van der Waals surface area (Å²) >= 11 is 0. The summed E-state index contributed by atoms with van der Waals surface area (Å²) in [5.74, 6) is 1.37. The van der Waals surface area contributed by atoms with Crippen LogP contribution in [0.4, 0.5) is 0 Å². The Bertz CT molecular complexity index is 914. The Morgan fingerprint density at radius 1 is 1.04 bits per heavy atom. The lowest BCUT2D eigenvalue weighted by Crippen LogP contribution is -2.25. The average molecular weight is 364 g/mol. The van der Waals surface area contributed by atoms with E-state index in [9.17, 15) is 4.79 Å². The number of hydrogen-bond donors (Lipinski definition) is 1. The maximum atomic E-state index is 12.5. The van der Waals surface area contributed by atoms with E-state index in [1.807, 2.05) is 41.1 Å². The second kappa shape index (κ2) is 8.45. The standard InChI is InChI=1S/C22H24N2O3/c1-16-6-9-18(10-7-16)24-12-4-5-19(24)13-22(25)23-15-17-8-11-20(26-2)14-21(17)27-3/h4-12,14H,13,15H2,1-3H3,(H,23,25). The predicted octanol–water partition coefficient (Wildman–Crippen LogP) is 3.66. The quantitative estimate of drug-likeness (QED) is 0.696. The first-order chi connectivity index (χ1) is 13.1. The van der Waals surface area contributed by atoms with Crippen LogP contribution in [0.1, 0.15) is 16.8 Å². The number of aryl methyl sites for hydroxylation is 1. The molecule has 0 aliphatic heterocycles. The molecule has 2 aromatic carbocycles. The van der Waals surface area contributed by atoms with Crippen molar-refractivity contribution < 1.29 is 14.3 Å². The Hall–Kier alpha value is -3.21. The largest absolute Gasteiger partial charge is 0.497 e. The van der Waals surface area contributed by atoms with Crippen molar-refractivity contribution in [2.75, 3.05) is 14.2 Å². The number of methoxy groups -OCH3 is 2. The molecule has 0 aliphatic carbocycles. The van der Waals surface area contributed by atoms with Crippen molar-refractivity contribution in [2.24, 2.45) is 0 Å². The van der Waals surface area contributed by atoms with Crippen LogP contribution in [0, 0.1) is 6.92 Å². The Morgan fingerprint density at radius 2 is 1.81 bits per heavy atom. The molecule has 0 atom stereocenters. The van der Waals surface area contributed by atoms with E-state index in [4.69, 9.17) is 9.47 Å². The number of ether oxygens (including phenoxy) is 2. The van der Waals surface area contributed by atoms with Gasteiger partial charge in [-0.2, -0.15) is 0 Å². The minimum Gasteiger partial charge on any atom is -0.497 e. The van der Waals surface area contributed by atoms with Crippen LogP contribution in [0.5, 0.6) is 11.5 Å². The summed E-state index contributed by atoms with van der Waals surface area (Å²) in [7, 11) is 3.22. The number of aromatic nitrogens is 1. The van der Waals surface area contributed by atoms with Crippen LogP contribution in [-0.4, -0.2) is 24.7 Å². The average Bonchev–Trinajstić information content (AvgIpc) is 3.14. The zero-order chi connectivity index (χ0) is 19.2. The molecule has 1 aromatic heterocycles. The summed E-state index contributed by atoms with van der Waals surface area (Å²) in [6.07, 6.45) is 2.28. The van der Waals surface area contributed by atoms with Crippen molar-refractivity contribution in [3.05, 3.63) is 77.6 Å². The summed E-state index contributed by atoms with van der Waals surface area (Å²) < 4.78 is 12.6. The lowest BCUT2D eigenvalue weighted by Gasteiger charge is -2.12. The summed E-state index contributed by atoms with van der Waals surface area (Å²) in [4.78, 5) is 12.5. The fourth-order valence-corrected chi connectivity index (χ4v) is 2.94. The van der Waals surface area contributed by atoms with Gasteiger partial charge in [-0.25, -0.2) is 0 Å². The van der Waals surface area contributed by atoms with Crippen molar-refractivity contribution in [3.8, 4) is 17.2 Å². The van der Waals surface area contributed by atoms with E-state index in [0.717, 1.165) is 22.7 Å². The highest BCUT2D eigenvalue weighted by molar-refractivity contribution is 5.78. The number of nitrogens with zero attached hydrogens (tertiary/aromatic N) is 1. The third kappa shape index (κ3) is 4.50. The van der Waals surface area contributed by atoms with Crippen LogP contribution >= 0.6 is 0 Å². The molecule has 0 fully saturated rings. The van der Waals surface area contributed by atoms with E-state index >= 15 is 0 Å². The molecule has 0 bridgehead atoms. The maximum Gasteiger partial charge on any atom is 0.226 e. The van der Waals surface area contributed by atoms with Gasteiger partial charge in [0.1, 0.15) is 11.5 Å². The molecule has 0 aliphatic rings. The molecule has 140 valence electrons. The molecule has 1 amide bonds. The topological polar surface area (TPSA) is 52.5 Å². The second-order valence-electron chi connectivity index (χ2n) is 6.34. The number of carbonyl (C=O) groups is 1. The van der Waals surface area contributed by atoms with Crippen molar-refractivity contribution >= 4 is 5.91 Å². The first-order valence-corrected chi connectivity index (χ1v) is 8.81. The van der Waals surface area contributed by atoms with Gasteiger partial charge >= 0.3 is 0 Å². The zero-order valence-electron chi connectivity index (χ0n) is 15.9. The molecule has 0 saturated heterocycles. The van der Waals surface area contributed by atoms with Crippen LogP contribution in [0.3, 0.4) is 0 Å². The number of benzene rings is 2. The lowest BCUT2D eigenvalue weighted by molar-refractivity contribution is -0.120. The van der Waals surface area contributed by atoms with Gasteiger partial charge in [-0.15, -0.1) is 0 Å². The Kier molecular flexibility index (Phi) is 5.81. The SMILES string of the molecule is COc1ccc(CNC(=O)Cc2cccn2-c2ccc(C)cc2)c(OC)c1. The van der Waals surface area contributed by atoms with E-state index in [-0.39, 0.29) is 5.91 Å². The van der Waals surface area contributed by atoms with Crippen molar-refractivity contribution in [1.29, 1.82) is 0 Å². The molecular formula is C22H24N2O3. The highest BCUT2D eigenvalue weighted by Crippen LogP contribution is 2.24. The van der Waals surface area contributed by atoms with E-state index in [2.05, 4.69) is 36.5 Å². The van der Waals surface area contributed by atoms with Crippen molar-refractivity contribution in [3.63, 3.8) is 0 Å². The summed E-state index contributed by atoms with van der Waals surface area (Å²) in [6.45, 7) is 2.46. The molecule has 1 N–H and O–H groups in total. The molecule has 1 heterocycles. The molecule has 0 unspecified atom stereocenters. The molecule has 5 nitrogen and oxygen atoms in total. The fraction of sp³-hybridized carbons (Fsp3) is 0.227. The molecular weight excluding hydrogens is 340 g/mol. The summed E-state index contributed by atoms with van der Waals surface area (Å²) in [5, 5.41) is 2.96. The lowest BCUT2D eigenvalue weighted by atomic mass is 10.2. The van der Waals surface area contributed by atoms with E-state index < -0.39 is 0 Å². The van der Waals surface area contributed by atoms with Crippen LogP contribution in [0.15, 0.2) is 60.8 Å². The normalized spacial score (nSPS) is 10.5. The van der Waals surface area contributed by atoms with Crippen LogP contribution in [0.25, 0.3) is 5.69 Å². The van der Waals surface area contributed by atoms with Gasteiger partial charge in [-0.05, 0) is 43.3 Å². The van der Waals surface area contributed by atoms with Gasteiger partial charge in [0.15, 0.2) is 0 Å². The predicted molar refractivity (Wildman–Crippen MR) is 106 cm³/mol. The van der Waals surface area contributed by atoms with Gasteiger partial charge in [-0.1, -0.05) is 17.7 Å². The van der Waals surface area contributed by atoms with Crippen LogP contribution in [-0.2, 0) is 17.8 Å². The molecule has 0 radical (unpaired) electrons. The van der Waals surface area contributed by atoms with Crippen LogP contribution in [0.2, 0.25) is 0 Å². The van der Waals surface area contributed by atoms with Gasteiger partial charge in [0.05, 0.1) is 20.6 Å². The third-order valence-electron chi connectivity index (χ3n) is 4.46. The van der Waals surface area contributed by atoms with Gasteiger partial charge in [-0.3, -0.25) is 4.79 Å². The maximum absolute atomic E-state index is 12.5. The fourth-order valence-electron chi connectivity index (χ4n) is 2.94. The number of rotatable bonds is 7. The van der Waals surface area contributed by atoms with Gasteiger partial charge in [0, 0.05) is 35.8 Å². The minimum absolute atomic E-state index is 0.0417. The van der Waals surface area contributed by atoms with E-state index in [1.54, 1.807) is 14.2 Å². The minimum atomic E-state index is -0.0417. The van der Waals surface area contributed by atoms with Crippen molar-refractivity contribution in [1.82, 2.24) is 9.88 Å². The monoisotopic (exact) mass is 364 g/mol.